The average molecular weight is 345 g/mol. The highest BCUT2D eigenvalue weighted by molar-refractivity contribution is 7.88. The van der Waals surface area contributed by atoms with Gasteiger partial charge in [-0.2, -0.15) is 0 Å². The van der Waals surface area contributed by atoms with E-state index in [1.165, 1.54) is 10.6 Å². The smallest absolute Gasteiger partial charge is 0.224 e. The summed E-state index contributed by atoms with van der Waals surface area (Å²) in [6.45, 7) is 2.66. The lowest BCUT2D eigenvalue weighted by Gasteiger charge is -2.30. The van der Waals surface area contributed by atoms with Crippen LogP contribution in [0.2, 0.25) is 5.02 Å². The minimum Gasteiger partial charge on any atom is -0.349 e. The molecule has 1 aromatic carbocycles. The number of halogens is 1. The van der Waals surface area contributed by atoms with E-state index in [2.05, 4.69) is 5.32 Å². The van der Waals surface area contributed by atoms with Crippen molar-refractivity contribution >= 4 is 27.5 Å². The van der Waals surface area contributed by atoms with Crippen molar-refractivity contribution in [3.05, 3.63) is 34.9 Å². The zero-order valence-corrected chi connectivity index (χ0v) is 14.3. The molecule has 122 valence electrons. The van der Waals surface area contributed by atoms with E-state index in [-0.39, 0.29) is 24.4 Å². The molecule has 0 spiro atoms. The number of amides is 1. The third kappa shape index (κ3) is 4.44. The predicted octanol–water partition coefficient (Wildman–Crippen LogP) is 2.19. The van der Waals surface area contributed by atoms with Gasteiger partial charge in [-0.05, 0) is 37.5 Å². The molecule has 0 saturated carbocycles. The van der Waals surface area contributed by atoms with Gasteiger partial charge in [-0.15, -0.1) is 0 Å². The van der Waals surface area contributed by atoms with Crippen LogP contribution in [0.15, 0.2) is 24.3 Å². The van der Waals surface area contributed by atoms with Crippen LogP contribution in [0.4, 0.5) is 0 Å². The first-order valence-electron chi connectivity index (χ1n) is 7.28. The molecule has 0 unspecified atom stereocenters. The zero-order chi connectivity index (χ0) is 16.3. The minimum absolute atomic E-state index is 0.101. The third-order valence-corrected chi connectivity index (χ3v) is 5.47. The summed E-state index contributed by atoms with van der Waals surface area (Å²) >= 11 is 5.85. The second kappa shape index (κ2) is 6.98. The quantitative estimate of drug-likeness (QED) is 0.910. The molecule has 0 bridgehead atoms. The lowest BCUT2D eigenvalue weighted by molar-refractivity contribution is -0.126. The van der Waals surface area contributed by atoms with E-state index in [4.69, 9.17) is 11.6 Å². The summed E-state index contributed by atoms with van der Waals surface area (Å²) in [5, 5.41) is 3.61. The van der Waals surface area contributed by atoms with Gasteiger partial charge in [0.15, 0.2) is 0 Å². The molecule has 0 aliphatic carbocycles. The fourth-order valence-corrected chi connectivity index (χ4v) is 3.66. The Kier molecular flexibility index (Phi) is 5.47. The highest BCUT2D eigenvalue weighted by atomic mass is 35.5. The van der Waals surface area contributed by atoms with Gasteiger partial charge in [0.25, 0.3) is 0 Å². The maximum absolute atomic E-state index is 12.4. The van der Waals surface area contributed by atoms with Gasteiger partial charge in [0.1, 0.15) is 0 Å². The van der Waals surface area contributed by atoms with Crippen molar-refractivity contribution in [2.75, 3.05) is 19.3 Å². The summed E-state index contributed by atoms with van der Waals surface area (Å²) in [6.07, 6.45) is 2.61. The Balaban J connectivity index is 1.98. The van der Waals surface area contributed by atoms with Crippen LogP contribution in [0.25, 0.3) is 0 Å². The molecule has 1 saturated heterocycles. The SMILES string of the molecule is C[C@H](NC(=O)[C@H]1CCCN(S(C)(=O)=O)C1)c1ccc(Cl)cc1. The molecule has 22 heavy (non-hydrogen) atoms. The molecular formula is C15H21ClN2O3S. The van der Waals surface area contributed by atoms with Gasteiger partial charge >= 0.3 is 0 Å². The summed E-state index contributed by atoms with van der Waals surface area (Å²) < 4.78 is 24.6. The van der Waals surface area contributed by atoms with Crippen LogP contribution in [-0.2, 0) is 14.8 Å². The van der Waals surface area contributed by atoms with Gasteiger partial charge in [-0.3, -0.25) is 4.79 Å². The number of hydrogen-bond donors (Lipinski definition) is 1. The fourth-order valence-electron chi connectivity index (χ4n) is 2.62. The van der Waals surface area contributed by atoms with Crippen LogP contribution in [0.5, 0.6) is 0 Å². The summed E-state index contributed by atoms with van der Waals surface area (Å²) in [4.78, 5) is 12.4. The molecule has 2 atom stereocenters. The van der Waals surface area contributed by atoms with Crippen molar-refractivity contribution in [2.45, 2.75) is 25.8 Å². The maximum atomic E-state index is 12.4. The molecule has 7 heteroatoms. The summed E-state index contributed by atoms with van der Waals surface area (Å²) in [5.74, 6) is -0.394. The summed E-state index contributed by atoms with van der Waals surface area (Å²) in [6, 6.07) is 7.17. The van der Waals surface area contributed by atoms with Crippen molar-refractivity contribution in [1.82, 2.24) is 9.62 Å². The third-order valence-electron chi connectivity index (χ3n) is 3.95. The number of benzene rings is 1. The Morgan fingerprint density at radius 2 is 2.00 bits per heavy atom. The first-order chi connectivity index (χ1) is 10.3. The zero-order valence-electron chi connectivity index (χ0n) is 12.8. The second-order valence-electron chi connectivity index (χ2n) is 5.74. The molecule has 1 aliphatic heterocycles. The molecule has 1 fully saturated rings. The number of nitrogens with zero attached hydrogens (tertiary/aromatic N) is 1. The average Bonchev–Trinajstić information content (AvgIpc) is 2.47. The molecule has 0 aromatic heterocycles. The van der Waals surface area contributed by atoms with E-state index in [9.17, 15) is 13.2 Å². The molecular weight excluding hydrogens is 324 g/mol. The van der Waals surface area contributed by atoms with Gasteiger partial charge in [0.2, 0.25) is 15.9 Å². The Morgan fingerprint density at radius 3 is 2.59 bits per heavy atom. The predicted molar refractivity (Wildman–Crippen MR) is 87.2 cm³/mol. The molecule has 5 nitrogen and oxygen atoms in total. The van der Waals surface area contributed by atoms with E-state index >= 15 is 0 Å². The standard InChI is InChI=1S/C15H21ClN2O3S/c1-11(12-5-7-14(16)8-6-12)17-15(19)13-4-3-9-18(10-13)22(2,20)21/h5-8,11,13H,3-4,9-10H2,1-2H3,(H,17,19)/t11-,13-/m0/s1. The molecule has 1 heterocycles. The normalized spacial score (nSPS) is 21.3. The fraction of sp³-hybridized carbons (Fsp3) is 0.533. The van der Waals surface area contributed by atoms with Crippen molar-refractivity contribution in [2.24, 2.45) is 5.92 Å². The van der Waals surface area contributed by atoms with Gasteiger partial charge in [-0.25, -0.2) is 12.7 Å². The number of sulfonamides is 1. The van der Waals surface area contributed by atoms with Crippen LogP contribution in [-0.4, -0.2) is 38.0 Å². The summed E-state index contributed by atoms with van der Waals surface area (Å²) in [7, 11) is -3.24. The molecule has 1 aliphatic rings. The largest absolute Gasteiger partial charge is 0.349 e. The lowest BCUT2D eigenvalue weighted by atomic mass is 9.98. The molecule has 1 aromatic rings. The molecule has 2 rings (SSSR count). The van der Waals surface area contributed by atoms with Crippen LogP contribution in [0.1, 0.15) is 31.4 Å². The Labute approximate surface area is 136 Å². The number of rotatable bonds is 4. The van der Waals surface area contributed by atoms with Gasteiger partial charge < -0.3 is 5.32 Å². The van der Waals surface area contributed by atoms with Gasteiger partial charge in [-0.1, -0.05) is 23.7 Å². The van der Waals surface area contributed by atoms with Gasteiger partial charge in [0, 0.05) is 18.1 Å². The number of nitrogens with one attached hydrogen (secondary N) is 1. The van der Waals surface area contributed by atoms with E-state index in [1.54, 1.807) is 12.1 Å². The first kappa shape index (κ1) is 17.2. The van der Waals surface area contributed by atoms with Crippen LogP contribution in [0, 0.1) is 5.92 Å². The van der Waals surface area contributed by atoms with Crippen LogP contribution in [0.3, 0.4) is 0 Å². The summed E-state index contributed by atoms with van der Waals surface area (Å²) in [5.41, 5.74) is 0.966. The van der Waals surface area contributed by atoms with Gasteiger partial charge in [0.05, 0.1) is 18.2 Å². The second-order valence-corrected chi connectivity index (χ2v) is 8.16. The van der Waals surface area contributed by atoms with Crippen LogP contribution < -0.4 is 5.32 Å². The van der Waals surface area contributed by atoms with Crippen molar-refractivity contribution in [3.63, 3.8) is 0 Å². The number of hydrogen-bond acceptors (Lipinski definition) is 3. The highest BCUT2D eigenvalue weighted by Gasteiger charge is 2.30. The molecule has 0 radical (unpaired) electrons. The Morgan fingerprint density at radius 1 is 1.36 bits per heavy atom. The van der Waals surface area contributed by atoms with E-state index < -0.39 is 10.0 Å². The number of carbonyl (C=O) groups excluding carboxylic acids is 1. The number of piperidine rings is 1. The Bertz CT molecular complexity index is 631. The molecule has 1 N–H and O–H groups in total. The maximum Gasteiger partial charge on any atom is 0.224 e. The van der Waals surface area contributed by atoms with Crippen molar-refractivity contribution in [3.8, 4) is 0 Å². The highest BCUT2D eigenvalue weighted by Crippen LogP contribution is 2.21. The topological polar surface area (TPSA) is 66.5 Å². The monoisotopic (exact) mass is 344 g/mol. The van der Waals surface area contributed by atoms with Crippen molar-refractivity contribution < 1.29 is 13.2 Å². The van der Waals surface area contributed by atoms with E-state index in [1.807, 2.05) is 19.1 Å². The lowest BCUT2D eigenvalue weighted by Crippen LogP contribution is -2.45. The van der Waals surface area contributed by atoms with Crippen molar-refractivity contribution in [1.29, 1.82) is 0 Å². The van der Waals surface area contributed by atoms with E-state index in [0.717, 1.165) is 5.56 Å². The Hall–Kier alpha value is -1.11. The minimum atomic E-state index is -3.24. The molecule has 1 amide bonds. The number of carbonyl (C=O) groups is 1. The van der Waals surface area contributed by atoms with Crippen LogP contribution >= 0.6 is 11.6 Å². The van der Waals surface area contributed by atoms with E-state index in [0.29, 0.717) is 24.4 Å². The first-order valence-corrected chi connectivity index (χ1v) is 9.51.